The molecule has 1 aliphatic rings. The molecule has 2 N–H and O–H groups in total. The number of methoxy groups -OCH3 is 1. The highest BCUT2D eigenvalue weighted by molar-refractivity contribution is 5.77. The molecule has 5 nitrogen and oxygen atoms in total. The molecule has 0 fully saturated rings. The molecule has 0 bridgehead atoms. The van der Waals surface area contributed by atoms with Crippen LogP contribution in [-0.4, -0.2) is 38.8 Å². The van der Waals surface area contributed by atoms with Crippen molar-refractivity contribution in [3.8, 4) is 5.75 Å². The van der Waals surface area contributed by atoms with Crippen LogP contribution in [-0.2, 0) is 16.0 Å². The topological polar surface area (TPSA) is 59.6 Å². The zero-order valence-electron chi connectivity index (χ0n) is 12.1. The molecular formula is C15H22N2O3. The number of benzene rings is 1. The number of nitrogens with one attached hydrogen (secondary N) is 2. The Kier molecular flexibility index (Phi) is 5.24. The number of fused-ring (bicyclic) bond motifs is 1. The van der Waals surface area contributed by atoms with Crippen LogP contribution in [0.5, 0.6) is 5.75 Å². The van der Waals surface area contributed by atoms with Gasteiger partial charge in [-0.15, -0.1) is 0 Å². The van der Waals surface area contributed by atoms with Crippen LogP contribution < -0.4 is 15.4 Å². The molecule has 0 aromatic heterocycles. The lowest BCUT2D eigenvalue weighted by molar-refractivity contribution is -0.124. The van der Waals surface area contributed by atoms with Crippen molar-refractivity contribution in [3.63, 3.8) is 0 Å². The predicted octanol–water partition coefficient (Wildman–Crippen LogP) is 1.57. The van der Waals surface area contributed by atoms with Crippen molar-refractivity contribution in [1.29, 1.82) is 0 Å². The molecule has 0 aliphatic carbocycles. The molecule has 1 unspecified atom stereocenters. The monoisotopic (exact) mass is 278 g/mol. The van der Waals surface area contributed by atoms with Gasteiger partial charge in [0.1, 0.15) is 5.75 Å². The second-order valence-corrected chi connectivity index (χ2v) is 5.06. The second-order valence-electron chi connectivity index (χ2n) is 5.06. The van der Waals surface area contributed by atoms with Crippen LogP contribution in [0.4, 0.5) is 5.69 Å². The molecule has 0 spiro atoms. The minimum atomic E-state index is -0.139. The van der Waals surface area contributed by atoms with Crippen molar-refractivity contribution < 1.29 is 14.3 Å². The van der Waals surface area contributed by atoms with Gasteiger partial charge >= 0.3 is 0 Å². The largest absolute Gasteiger partial charge is 0.484 e. The van der Waals surface area contributed by atoms with E-state index >= 15 is 0 Å². The van der Waals surface area contributed by atoms with Crippen LogP contribution in [0.2, 0.25) is 0 Å². The van der Waals surface area contributed by atoms with E-state index in [1.54, 1.807) is 7.11 Å². The maximum Gasteiger partial charge on any atom is 0.258 e. The molecule has 1 aromatic rings. The summed E-state index contributed by atoms with van der Waals surface area (Å²) in [6.45, 7) is 3.40. The lowest BCUT2D eigenvalue weighted by Crippen LogP contribution is -2.38. The fraction of sp³-hybridized carbons (Fsp3) is 0.533. The van der Waals surface area contributed by atoms with Crippen LogP contribution in [0.15, 0.2) is 18.2 Å². The number of rotatable bonds is 6. The standard InChI is InChI=1S/C15H22N2O3/c1-11(9-19-2)17-15(18)10-20-13-6-5-12-4-3-7-16-14(12)8-13/h5-6,8,11,16H,3-4,7,9-10H2,1-2H3,(H,17,18). The van der Waals surface area contributed by atoms with E-state index in [4.69, 9.17) is 9.47 Å². The average Bonchev–Trinajstić information content (AvgIpc) is 2.45. The summed E-state index contributed by atoms with van der Waals surface area (Å²) in [6, 6.07) is 5.92. The van der Waals surface area contributed by atoms with Crippen molar-refractivity contribution in [1.82, 2.24) is 5.32 Å². The molecule has 1 atom stereocenters. The molecule has 20 heavy (non-hydrogen) atoms. The summed E-state index contributed by atoms with van der Waals surface area (Å²) in [4.78, 5) is 11.7. The third-order valence-electron chi connectivity index (χ3n) is 3.21. The molecule has 110 valence electrons. The van der Waals surface area contributed by atoms with E-state index in [0.29, 0.717) is 12.4 Å². The summed E-state index contributed by atoms with van der Waals surface area (Å²) >= 11 is 0. The van der Waals surface area contributed by atoms with Crippen molar-refractivity contribution in [2.24, 2.45) is 0 Å². The summed E-state index contributed by atoms with van der Waals surface area (Å²) in [6.07, 6.45) is 2.25. The van der Waals surface area contributed by atoms with Crippen molar-refractivity contribution in [3.05, 3.63) is 23.8 Å². The van der Waals surface area contributed by atoms with Crippen molar-refractivity contribution >= 4 is 11.6 Å². The zero-order valence-corrected chi connectivity index (χ0v) is 12.1. The Morgan fingerprint density at radius 3 is 3.15 bits per heavy atom. The summed E-state index contributed by atoms with van der Waals surface area (Å²) in [5.41, 5.74) is 2.42. The predicted molar refractivity (Wildman–Crippen MR) is 78.2 cm³/mol. The third-order valence-corrected chi connectivity index (χ3v) is 3.21. The van der Waals surface area contributed by atoms with Crippen molar-refractivity contribution in [2.75, 3.05) is 32.2 Å². The zero-order chi connectivity index (χ0) is 14.4. The molecule has 0 radical (unpaired) electrons. The average molecular weight is 278 g/mol. The number of hydrogen-bond donors (Lipinski definition) is 2. The lowest BCUT2D eigenvalue weighted by Gasteiger charge is -2.19. The van der Waals surface area contributed by atoms with E-state index in [1.165, 1.54) is 5.56 Å². The minimum Gasteiger partial charge on any atom is -0.484 e. The van der Waals surface area contributed by atoms with Gasteiger partial charge in [0.05, 0.1) is 6.61 Å². The Morgan fingerprint density at radius 1 is 1.50 bits per heavy atom. The fourth-order valence-electron chi connectivity index (χ4n) is 2.29. The van der Waals surface area contributed by atoms with Gasteiger partial charge in [-0.3, -0.25) is 4.79 Å². The number of amides is 1. The molecule has 1 heterocycles. The maximum atomic E-state index is 11.7. The Hall–Kier alpha value is -1.75. The minimum absolute atomic E-state index is 0.0127. The molecule has 1 amide bonds. The van der Waals surface area contributed by atoms with Gasteiger partial charge in [-0.05, 0) is 31.4 Å². The second kappa shape index (κ2) is 7.14. The first-order chi connectivity index (χ1) is 9.69. The highest BCUT2D eigenvalue weighted by Crippen LogP contribution is 2.26. The fourth-order valence-corrected chi connectivity index (χ4v) is 2.29. The smallest absolute Gasteiger partial charge is 0.258 e. The van der Waals surface area contributed by atoms with Gasteiger partial charge in [0, 0.05) is 31.5 Å². The Labute approximate surface area is 119 Å². The number of carbonyl (C=O) groups excluding carboxylic acids is 1. The normalized spacial score (nSPS) is 14.9. The highest BCUT2D eigenvalue weighted by Gasteiger charge is 2.11. The first kappa shape index (κ1) is 14.7. The van der Waals surface area contributed by atoms with Gasteiger partial charge in [0.2, 0.25) is 0 Å². The Morgan fingerprint density at radius 2 is 2.35 bits per heavy atom. The summed E-state index contributed by atoms with van der Waals surface area (Å²) in [7, 11) is 1.61. The summed E-state index contributed by atoms with van der Waals surface area (Å²) in [5.74, 6) is 0.577. The molecule has 1 aromatic carbocycles. The lowest BCUT2D eigenvalue weighted by atomic mass is 10.0. The van der Waals surface area contributed by atoms with E-state index < -0.39 is 0 Å². The Bertz CT molecular complexity index is 462. The summed E-state index contributed by atoms with van der Waals surface area (Å²) in [5, 5.41) is 6.15. The van der Waals surface area contributed by atoms with Gasteiger partial charge in [0.25, 0.3) is 5.91 Å². The highest BCUT2D eigenvalue weighted by atomic mass is 16.5. The Balaban J connectivity index is 1.83. The van der Waals surface area contributed by atoms with Crippen LogP contribution in [0.25, 0.3) is 0 Å². The molecule has 0 saturated heterocycles. The van der Waals surface area contributed by atoms with Gasteiger partial charge < -0.3 is 20.1 Å². The number of carbonyl (C=O) groups is 1. The molecule has 5 heteroatoms. The van der Waals surface area contributed by atoms with E-state index in [0.717, 1.165) is 25.1 Å². The van der Waals surface area contributed by atoms with Gasteiger partial charge in [-0.1, -0.05) is 6.07 Å². The molecule has 1 aliphatic heterocycles. The third kappa shape index (κ3) is 4.13. The van der Waals surface area contributed by atoms with Gasteiger partial charge in [0.15, 0.2) is 6.61 Å². The first-order valence-corrected chi connectivity index (χ1v) is 6.97. The van der Waals surface area contributed by atoms with Crippen LogP contribution in [0, 0.1) is 0 Å². The maximum absolute atomic E-state index is 11.7. The molecule has 2 rings (SSSR count). The number of ether oxygens (including phenoxy) is 2. The van der Waals surface area contributed by atoms with Crippen LogP contribution in [0.1, 0.15) is 18.9 Å². The quantitative estimate of drug-likeness (QED) is 0.829. The molecular weight excluding hydrogens is 256 g/mol. The number of hydrogen-bond acceptors (Lipinski definition) is 4. The summed E-state index contributed by atoms with van der Waals surface area (Å²) < 4.78 is 10.5. The number of aryl methyl sites for hydroxylation is 1. The van der Waals surface area contributed by atoms with E-state index in [1.807, 2.05) is 19.1 Å². The SMILES string of the molecule is COCC(C)NC(=O)COc1ccc2c(c1)NCCC2. The first-order valence-electron chi connectivity index (χ1n) is 6.97. The van der Waals surface area contributed by atoms with Gasteiger partial charge in [-0.25, -0.2) is 0 Å². The van der Waals surface area contributed by atoms with Gasteiger partial charge in [-0.2, -0.15) is 0 Å². The van der Waals surface area contributed by atoms with E-state index in [-0.39, 0.29) is 18.6 Å². The van der Waals surface area contributed by atoms with E-state index in [2.05, 4.69) is 16.7 Å². The number of anilines is 1. The van der Waals surface area contributed by atoms with Crippen LogP contribution >= 0.6 is 0 Å². The van der Waals surface area contributed by atoms with E-state index in [9.17, 15) is 4.79 Å². The molecule has 0 saturated carbocycles. The van der Waals surface area contributed by atoms with Crippen molar-refractivity contribution in [2.45, 2.75) is 25.8 Å². The van der Waals surface area contributed by atoms with Crippen LogP contribution in [0.3, 0.4) is 0 Å².